The molecular formula is C18H21ClN2O4S. The molecule has 0 bridgehead atoms. The first-order valence-corrected chi connectivity index (χ1v) is 9.78. The first-order chi connectivity index (χ1) is 12.1. The Kier molecular flexibility index (Phi) is 6.15. The Labute approximate surface area is 158 Å². The number of carbonyl (C=O) groups is 1. The van der Waals surface area contributed by atoms with Crippen LogP contribution in [-0.2, 0) is 10.0 Å². The molecule has 0 saturated heterocycles. The minimum Gasteiger partial charge on any atom is -0.496 e. The van der Waals surface area contributed by atoms with Crippen molar-refractivity contribution >= 4 is 33.2 Å². The summed E-state index contributed by atoms with van der Waals surface area (Å²) in [5.41, 5.74) is 1.25. The molecule has 0 aliphatic rings. The number of aryl methyl sites for hydroxylation is 1. The third-order valence-electron chi connectivity index (χ3n) is 3.59. The van der Waals surface area contributed by atoms with E-state index >= 15 is 0 Å². The van der Waals surface area contributed by atoms with Crippen LogP contribution in [0, 0.1) is 6.92 Å². The average Bonchev–Trinajstić information content (AvgIpc) is 2.56. The summed E-state index contributed by atoms with van der Waals surface area (Å²) in [7, 11) is -2.49. The summed E-state index contributed by atoms with van der Waals surface area (Å²) >= 11 is 5.94. The number of amides is 1. The summed E-state index contributed by atoms with van der Waals surface area (Å²) in [6, 6.07) is 8.96. The lowest BCUT2D eigenvalue weighted by Gasteiger charge is -2.15. The van der Waals surface area contributed by atoms with E-state index < -0.39 is 15.9 Å². The zero-order chi connectivity index (χ0) is 19.5. The quantitative estimate of drug-likeness (QED) is 0.781. The van der Waals surface area contributed by atoms with E-state index in [1.165, 1.54) is 31.4 Å². The maximum Gasteiger partial charge on any atom is 0.261 e. The Morgan fingerprint density at radius 3 is 2.46 bits per heavy atom. The van der Waals surface area contributed by atoms with Crippen molar-refractivity contribution in [2.75, 3.05) is 11.8 Å². The molecule has 0 atom stereocenters. The second-order valence-corrected chi connectivity index (χ2v) is 8.17. The van der Waals surface area contributed by atoms with Crippen molar-refractivity contribution in [3.05, 3.63) is 52.5 Å². The fraction of sp³-hybridized carbons (Fsp3) is 0.278. The lowest BCUT2D eigenvalue weighted by molar-refractivity contribution is 0.0940. The van der Waals surface area contributed by atoms with Crippen LogP contribution in [0.25, 0.3) is 0 Å². The van der Waals surface area contributed by atoms with Gasteiger partial charge in [0.2, 0.25) is 0 Å². The van der Waals surface area contributed by atoms with E-state index in [1.54, 1.807) is 19.1 Å². The number of hydrogen-bond acceptors (Lipinski definition) is 4. The molecule has 0 heterocycles. The van der Waals surface area contributed by atoms with Gasteiger partial charge in [-0.3, -0.25) is 9.52 Å². The van der Waals surface area contributed by atoms with E-state index in [4.69, 9.17) is 16.3 Å². The molecule has 1 amide bonds. The Bertz CT molecular complexity index is 927. The smallest absolute Gasteiger partial charge is 0.261 e. The highest BCUT2D eigenvalue weighted by Gasteiger charge is 2.21. The summed E-state index contributed by atoms with van der Waals surface area (Å²) in [5, 5.41) is 3.14. The molecule has 2 N–H and O–H groups in total. The first-order valence-electron chi connectivity index (χ1n) is 7.92. The molecule has 6 nitrogen and oxygen atoms in total. The summed E-state index contributed by atoms with van der Waals surface area (Å²) in [4.78, 5) is 12.3. The van der Waals surface area contributed by atoms with Gasteiger partial charge < -0.3 is 10.1 Å². The van der Waals surface area contributed by atoms with E-state index in [0.717, 1.165) is 5.56 Å². The first kappa shape index (κ1) is 20.1. The number of benzene rings is 2. The Hall–Kier alpha value is -2.25. The number of rotatable bonds is 6. The van der Waals surface area contributed by atoms with Gasteiger partial charge in [-0.2, -0.15) is 0 Å². The van der Waals surface area contributed by atoms with Gasteiger partial charge in [-0.15, -0.1) is 0 Å². The molecule has 0 aliphatic heterocycles. The van der Waals surface area contributed by atoms with Crippen molar-refractivity contribution in [3.63, 3.8) is 0 Å². The highest BCUT2D eigenvalue weighted by molar-refractivity contribution is 7.92. The third-order valence-corrected chi connectivity index (χ3v) is 5.19. The summed E-state index contributed by atoms with van der Waals surface area (Å²) in [6.45, 7) is 5.40. The minimum atomic E-state index is -3.91. The second kappa shape index (κ2) is 7.97. The number of nitrogens with one attached hydrogen (secondary N) is 2. The molecule has 0 aliphatic carbocycles. The molecule has 2 aromatic rings. The second-order valence-electron chi connectivity index (χ2n) is 6.05. The normalized spacial score (nSPS) is 11.3. The van der Waals surface area contributed by atoms with E-state index in [9.17, 15) is 13.2 Å². The van der Waals surface area contributed by atoms with Gasteiger partial charge >= 0.3 is 0 Å². The standard InChI is InChI=1S/C18H21ClN2O4S/c1-11(2)20-18(22)15-10-14(7-8-17(15)25-4)26(23,24)21-16-9-13(19)6-5-12(16)3/h5-11,21H,1-4H3,(H,20,22). The molecule has 8 heteroatoms. The number of sulfonamides is 1. The molecule has 0 unspecified atom stereocenters. The maximum atomic E-state index is 12.7. The molecule has 0 spiro atoms. The zero-order valence-electron chi connectivity index (χ0n) is 15.0. The van der Waals surface area contributed by atoms with E-state index in [1.807, 2.05) is 13.8 Å². The molecule has 0 radical (unpaired) electrons. The monoisotopic (exact) mass is 396 g/mol. The number of methoxy groups -OCH3 is 1. The van der Waals surface area contributed by atoms with Gasteiger partial charge in [-0.25, -0.2) is 8.42 Å². The summed E-state index contributed by atoms with van der Waals surface area (Å²) < 4.78 is 33.1. The van der Waals surface area contributed by atoms with Crippen LogP contribution in [0.15, 0.2) is 41.3 Å². The van der Waals surface area contributed by atoms with Crippen molar-refractivity contribution < 1.29 is 17.9 Å². The van der Waals surface area contributed by atoms with Gasteiger partial charge in [0.15, 0.2) is 0 Å². The molecule has 140 valence electrons. The zero-order valence-corrected chi connectivity index (χ0v) is 16.5. The molecule has 0 saturated carbocycles. The number of carbonyl (C=O) groups excluding carboxylic acids is 1. The van der Waals surface area contributed by atoms with Crippen LogP contribution in [0.1, 0.15) is 29.8 Å². The maximum absolute atomic E-state index is 12.7. The number of anilines is 1. The highest BCUT2D eigenvalue weighted by Crippen LogP contribution is 2.26. The average molecular weight is 397 g/mol. The van der Waals surface area contributed by atoms with Gasteiger partial charge in [0.25, 0.3) is 15.9 Å². The fourth-order valence-electron chi connectivity index (χ4n) is 2.28. The van der Waals surface area contributed by atoms with Crippen molar-refractivity contribution in [3.8, 4) is 5.75 Å². The van der Waals surface area contributed by atoms with Gasteiger partial charge in [0.05, 0.1) is 23.3 Å². The van der Waals surface area contributed by atoms with E-state index in [-0.39, 0.29) is 16.5 Å². The van der Waals surface area contributed by atoms with Crippen LogP contribution in [0.2, 0.25) is 5.02 Å². The van der Waals surface area contributed by atoms with Crippen molar-refractivity contribution in [2.45, 2.75) is 31.7 Å². The lowest BCUT2D eigenvalue weighted by Crippen LogP contribution is -2.30. The molecule has 2 aromatic carbocycles. The van der Waals surface area contributed by atoms with Crippen molar-refractivity contribution in [1.82, 2.24) is 5.32 Å². The predicted molar refractivity (Wildman–Crippen MR) is 103 cm³/mol. The van der Waals surface area contributed by atoms with Gasteiger partial charge in [0, 0.05) is 11.1 Å². The Morgan fingerprint density at radius 2 is 1.85 bits per heavy atom. The van der Waals surface area contributed by atoms with Crippen LogP contribution >= 0.6 is 11.6 Å². The van der Waals surface area contributed by atoms with Crippen LogP contribution < -0.4 is 14.8 Å². The third kappa shape index (κ3) is 4.68. The SMILES string of the molecule is COc1ccc(S(=O)(=O)Nc2cc(Cl)ccc2C)cc1C(=O)NC(C)C. The van der Waals surface area contributed by atoms with Gasteiger partial charge in [-0.1, -0.05) is 17.7 Å². The fourth-order valence-corrected chi connectivity index (χ4v) is 3.60. The molecular weight excluding hydrogens is 376 g/mol. The van der Waals surface area contributed by atoms with Crippen LogP contribution in [0.5, 0.6) is 5.75 Å². The Balaban J connectivity index is 2.43. The summed E-state index contributed by atoms with van der Waals surface area (Å²) in [6.07, 6.45) is 0. The predicted octanol–water partition coefficient (Wildman–Crippen LogP) is 3.60. The molecule has 2 rings (SSSR count). The molecule has 26 heavy (non-hydrogen) atoms. The number of ether oxygens (including phenoxy) is 1. The van der Waals surface area contributed by atoms with E-state index in [0.29, 0.717) is 16.5 Å². The van der Waals surface area contributed by atoms with Crippen molar-refractivity contribution in [2.24, 2.45) is 0 Å². The van der Waals surface area contributed by atoms with Crippen molar-refractivity contribution in [1.29, 1.82) is 0 Å². The number of halogens is 1. The lowest BCUT2D eigenvalue weighted by atomic mass is 10.2. The minimum absolute atomic E-state index is 0.0495. The highest BCUT2D eigenvalue weighted by atomic mass is 35.5. The Morgan fingerprint density at radius 1 is 1.15 bits per heavy atom. The van der Waals surface area contributed by atoms with Crippen LogP contribution in [-0.4, -0.2) is 27.5 Å². The van der Waals surface area contributed by atoms with E-state index in [2.05, 4.69) is 10.0 Å². The van der Waals surface area contributed by atoms with Gasteiger partial charge in [-0.05, 0) is 56.7 Å². The topological polar surface area (TPSA) is 84.5 Å². The number of hydrogen-bond donors (Lipinski definition) is 2. The summed E-state index contributed by atoms with van der Waals surface area (Å²) in [5.74, 6) is -0.117. The molecule has 0 fully saturated rings. The molecule has 0 aromatic heterocycles. The largest absolute Gasteiger partial charge is 0.496 e. The van der Waals surface area contributed by atoms with Crippen LogP contribution in [0.4, 0.5) is 5.69 Å². The van der Waals surface area contributed by atoms with Gasteiger partial charge in [0.1, 0.15) is 5.75 Å². The van der Waals surface area contributed by atoms with Crippen LogP contribution in [0.3, 0.4) is 0 Å².